The lowest BCUT2D eigenvalue weighted by Gasteiger charge is -2.32. The maximum Gasteiger partial charge on any atom is 0.280 e. The van der Waals surface area contributed by atoms with Crippen LogP contribution >= 0.6 is 11.5 Å². The molecular weight excluding hydrogens is 408 g/mol. The number of amides is 2. The molecule has 0 spiro atoms. The van der Waals surface area contributed by atoms with E-state index in [1.54, 1.807) is 10.3 Å². The van der Waals surface area contributed by atoms with Gasteiger partial charge in [-0.05, 0) is 55.4 Å². The molecule has 0 radical (unpaired) electrons. The van der Waals surface area contributed by atoms with Crippen molar-refractivity contribution in [3.8, 4) is 0 Å². The summed E-state index contributed by atoms with van der Waals surface area (Å²) >= 11 is 1.12. The van der Waals surface area contributed by atoms with Crippen LogP contribution < -0.4 is 10.2 Å². The van der Waals surface area contributed by atoms with Crippen molar-refractivity contribution in [3.63, 3.8) is 0 Å². The highest BCUT2D eigenvalue weighted by molar-refractivity contribution is 7.03. The maximum atomic E-state index is 13.6. The molecule has 7 heteroatoms. The van der Waals surface area contributed by atoms with E-state index in [0.717, 1.165) is 53.9 Å². The summed E-state index contributed by atoms with van der Waals surface area (Å²) in [6, 6.07) is 14.7. The fourth-order valence-electron chi connectivity index (χ4n) is 4.10. The summed E-state index contributed by atoms with van der Waals surface area (Å²) in [6.07, 6.45) is 4.18. The largest absolute Gasteiger partial charge is 0.351 e. The monoisotopic (exact) mass is 434 g/mol. The van der Waals surface area contributed by atoms with E-state index in [4.69, 9.17) is 0 Å². The van der Waals surface area contributed by atoms with Gasteiger partial charge in [-0.2, -0.15) is 0 Å². The van der Waals surface area contributed by atoms with Gasteiger partial charge in [0, 0.05) is 17.1 Å². The zero-order valence-electron chi connectivity index (χ0n) is 17.7. The number of aryl methyl sites for hydroxylation is 2. The van der Waals surface area contributed by atoms with Crippen LogP contribution in [0.2, 0.25) is 0 Å². The minimum absolute atomic E-state index is 0.148. The Morgan fingerprint density at radius 2 is 1.77 bits per heavy atom. The molecule has 1 aliphatic rings. The molecule has 0 aliphatic heterocycles. The predicted octanol–water partition coefficient (Wildman–Crippen LogP) is 4.60. The highest BCUT2D eigenvalue weighted by atomic mass is 32.1. The number of aromatic nitrogens is 2. The van der Waals surface area contributed by atoms with Gasteiger partial charge in [-0.15, -0.1) is 5.10 Å². The van der Waals surface area contributed by atoms with Crippen LogP contribution in [-0.2, 0) is 4.79 Å². The first-order valence-corrected chi connectivity index (χ1v) is 11.4. The maximum absolute atomic E-state index is 13.6. The molecule has 0 saturated heterocycles. The molecule has 1 aromatic heterocycles. The number of rotatable bonds is 6. The van der Waals surface area contributed by atoms with Gasteiger partial charge in [-0.3, -0.25) is 14.5 Å². The average Bonchev–Trinajstić information content (AvgIpc) is 3.47. The zero-order chi connectivity index (χ0) is 21.8. The summed E-state index contributed by atoms with van der Waals surface area (Å²) in [5, 5.41) is 8.81. The molecule has 2 amide bonds. The Morgan fingerprint density at radius 1 is 1.06 bits per heavy atom. The fraction of sp³-hybridized carbons (Fsp3) is 0.333. The van der Waals surface area contributed by atoms with E-state index < -0.39 is 6.04 Å². The van der Waals surface area contributed by atoms with Crippen molar-refractivity contribution < 1.29 is 9.59 Å². The topological polar surface area (TPSA) is 75.2 Å². The van der Waals surface area contributed by atoms with Crippen LogP contribution in [0.1, 0.15) is 58.9 Å². The fourth-order valence-corrected chi connectivity index (χ4v) is 4.53. The molecule has 1 fully saturated rings. The predicted molar refractivity (Wildman–Crippen MR) is 122 cm³/mol. The summed E-state index contributed by atoms with van der Waals surface area (Å²) in [6.45, 7) is 3.94. The SMILES string of the molecule is Cc1ccc([C@@H](C(=O)NC2CCCC2)N(C(=O)c2csnn2)c2ccccc2C)cc1. The molecule has 3 aromatic rings. The van der Waals surface area contributed by atoms with Gasteiger partial charge in [0.1, 0.15) is 6.04 Å². The third-order valence-electron chi connectivity index (χ3n) is 5.77. The van der Waals surface area contributed by atoms with Gasteiger partial charge in [-0.25, -0.2) is 0 Å². The molecule has 1 heterocycles. The summed E-state index contributed by atoms with van der Waals surface area (Å²) in [5.74, 6) is -0.509. The lowest BCUT2D eigenvalue weighted by Crippen LogP contribution is -2.46. The van der Waals surface area contributed by atoms with Gasteiger partial charge < -0.3 is 5.32 Å². The van der Waals surface area contributed by atoms with Crippen molar-refractivity contribution in [3.05, 3.63) is 76.3 Å². The molecular formula is C24H26N4O2S. The van der Waals surface area contributed by atoms with Crippen molar-refractivity contribution in [1.29, 1.82) is 0 Å². The lowest BCUT2D eigenvalue weighted by atomic mass is 10.00. The third-order valence-corrected chi connectivity index (χ3v) is 6.28. The standard InChI is InChI=1S/C24H26N4O2S/c1-16-11-13-18(14-12-16)22(23(29)25-19-8-4-5-9-19)28(21-10-6-3-7-17(21)2)24(30)20-15-31-27-26-20/h3,6-7,10-15,19,22H,4-5,8-9H2,1-2H3,(H,25,29)/t22-/m0/s1. The number of hydrogen-bond donors (Lipinski definition) is 1. The minimum atomic E-state index is -0.809. The smallest absolute Gasteiger partial charge is 0.280 e. The minimum Gasteiger partial charge on any atom is -0.351 e. The van der Waals surface area contributed by atoms with Crippen LogP contribution in [0.4, 0.5) is 5.69 Å². The Bertz CT molecular complexity index is 1040. The molecule has 160 valence electrons. The van der Waals surface area contributed by atoms with E-state index in [0.29, 0.717) is 5.69 Å². The number of anilines is 1. The van der Waals surface area contributed by atoms with Crippen LogP contribution in [0, 0.1) is 13.8 Å². The van der Waals surface area contributed by atoms with Crippen LogP contribution in [0.25, 0.3) is 0 Å². The van der Waals surface area contributed by atoms with Crippen LogP contribution in [0.5, 0.6) is 0 Å². The summed E-state index contributed by atoms with van der Waals surface area (Å²) in [4.78, 5) is 28.8. The van der Waals surface area contributed by atoms with E-state index in [-0.39, 0.29) is 23.6 Å². The van der Waals surface area contributed by atoms with Crippen molar-refractivity contribution in [2.75, 3.05) is 4.90 Å². The molecule has 31 heavy (non-hydrogen) atoms. The van der Waals surface area contributed by atoms with Crippen molar-refractivity contribution in [1.82, 2.24) is 14.9 Å². The molecule has 1 saturated carbocycles. The highest BCUT2D eigenvalue weighted by Gasteiger charge is 2.36. The average molecular weight is 435 g/mol. The van der Waals surface area contributed by atoms with E-state index in [2.05, 4.69) is 14.9 Å². The van der Waals surface area contributed by atoms with Gasteiger partial charge in [-0.1, -0.05) is 65.4 Å². The second-order valence-corrected chi connectivity index (χ2v) is 8.66. The second-order valence-electron chi connectivity index (χ2n) is 8.05. The van der Waals surface area contributed by atoms with Gasteiger partial charge in [0.15, 0.2) is 5.69 Å². The molecule has 0 unspecified atom stereocenters. The second kappa shape index (κ2) is 9.39. The number of para-hydroxylation sites is 1. The summed E-state index contributed by atoms with van der Waals surface area (Å²) < 4.78 is 3.86. The number of benzene rings is 2. The Kier molecular flexibility index (Phi) is 6.42. The molecule has 1 N–H and O–H groups in total. The number of nitrogens with zero attached hydrogens (tertiary/aromatic N) is 3. The van der Waals surface area contributed by atoms with E-state index in [1.807, 2.05) is 62.4 Å². The Morgan fingerprint density at radius 3 is 2.42 bits per heavy atom. The molecule has 1 atom stereocenters. The summed E-state index contributed by atoms with van der Waals surface area (Å²) in [7, 11) is 0. The van der Waals surface area contributed by atoms with Gasteiger partial charge >= 0.3 is 0 Å². The van der Waals surface area contributed by atoms with E-state index in [9.17, 15) is 9.59 Å². The van der Waals surface area contributed by atoms with Crippen molar-refractivity contribution >= 4 is 29.0 Å². The molecule has 6 nitrogen and oxygen atoms in total. The number of carbonyl (C=O) groups is 2. The lowest BCUT2D eigenvalue weighted by molar-refractivity contribution is -0.123. The number of carbonyl (C=O) groups excluding carboxylic acids is 2. The highest BCUT2D eigenvalue weighted by Crippen LogP contribution is 2.32. The normalized spacial score (nSPS) is 14.9. The van der Waals surface area contributed by atoms with Gasteiger partial charge in [0.05, 0.1) is 0 Å². The Labute approximate surface area is 186 Å². The first-order valence-electron chi connectivity index (χ1n) is 10.6. The first-order chi connectivity index (χ1) is 15.0. The van der Waals surface area contributed by atoms with E-state index >= 15 is 0 Å². The van der Waals surface area contributed by atoms with Gasteiger partial charge in [0.25, 0.3) is 5.91 Å². The Hall–Kier alpha value is -3.06. The van der Waals surface area contributed by atoms with Crippen LogP contribution in [-0.4, -0.2) is 27.4 Å². The molecule has 4 rings (SSSR count). The molecule has 0 bridgehead atoms. The van der Waals surface area contributed by atoms with Crippen molar-refractivity contribution in [2.24, 2.45) is 0 Å². The molecule has 1 aliphatic carbocycles. The van der Waals surface area contributed by atoms with Crippen LogP contribution in [0.3, 0.4) is 0 Å². The molecule has 2 aromatic carbocycles. The quantitative estimate of drug-likeness (QED) is 0.615. The summed E-state index contributed by atoms with van der Waals surface area (Å²) in [5.41, 5.74) is 3.69. The number of nitrogens with one attached hydrogen (secondary N) is 1. The van der Waals surface area contributed by atoms with E-state index in [1.165, 1.54) is 0 Å². The first kappa shape index (κ1) is 21.2. The Balaban J connectivity index is 1.82. The third kappa shape index (κ3) is 4.66. The zero-order valence-corrected chi connectivity index (χ0v) is 18.6. The van der Waals surface area contributed by atoms with Crippen molar-refractivity contribution in [2.45, 2.75) is 51.6 Å². The van der Waals surface area contributed by atoms with Crippen LogP contribution in [0.15, 0.2) is 53.9 Å². The van der Waals surface area contributed by atoms with Gasteiger partial charge in [0.2, 0.25) is 5.91 Å². The number of hydrogen-bond acceptors (Lipinski definition) is 5.